The lowest BCUT2D eigenvalue weighted by atomic mass is 9.75. The summed E-state index contributed by atoms with van der Waals surface area (Å²) in [6.45, 7) is 4.36. The molecule has 4 unspecified atom stereocenters. The van der Waals surface area contributed by atoms with Gasteiger partial charge in [-0.2, -0.15) is 5.06 Å². The van der Waals surface area contributed by atoms with E-state index in [9.17, 15) is 0 Å². The summed E-state index contributed by atoms with van der Waals surface area (Å²) in [4.78, 5) is 5.68. The molecule has 0 aromatic carbocycles. The molecule has 0 radical (unpaired) electrons. The first-order valence-corrected chi connectivity index (χ1v) is 5.92. The van der Waals surface area contributed by atoms with Crippen molar-refractivity contribution >= 4 is 0 Å². The highest BCUT2D eigenvalue weighted by molar-refractivity contribution is 5.02. The van der Waals surface area contributed by atoms with Gasteiger partial charge in [0.2, 0.25) is 0 Å². The Morgan fingerprint density at radius 2 is 2.29 bits per heavy atom. The molecule has 4 atom stereocenters. The first kappa shape index (κ1) is 9.13. The molecule has 3 heterocycles. The monoisotopic (exact) mass is 197 g/mol. The Morgan fingerprint density at radius 1 is 1.43 bits per heavy atom. The molecule has 3 aliphatic rings. The first-order chi connectivity index (χ1) is 6.87. The van der Waals surface area contributed by atoms with Gasteiger partial charge in [0.05, 0.1) is 12.7 Å². The maximum absolute atomic E-state index is 5.68. The second kappa shape index (κ2) is 3.19. The molecule has 0 bridgehead atoms. The fourth-order valence-corrected chi connectivity index (χ4v) is 3.08. The Balaban J connectivity index is 1.80. The highest BCUT2D eigenvalue weighted by atomic mass is 16.8. The van der Waals surface area contributed by atoms with Crippen LogP contribution in [0.15, 0.2) is 0 Å². The average Bonchev–Trinajstić information content (AvgIpc) is 3.03. The second-order valence-corrected chi connectivity index (χ2v) is 4.86. The zero-order valence-corrected chi connectivity index (χ0v) is 8.87. The van der Waals surface area contributed by atoms with Gasteiger partial charge in [0, 0.05) is 12.0 Å². The van der Waals surface area contributed by atoms with E-state index in [2.05, 4.69) is 12.0 Å². The van der Waals surface area contributed by atoms with E-state index in [1.165, 1.54) is 32.1 Å². The third kappa shape index (κ3) is 1.30. The van der Waals surface area contributed by atoms with Crippen LogP contribution in [0.3, 0.4) is 0 Å². The van der Waals surface area contributed by atoms with Crippen molar-refractivity contribution in [2.24, 2.45) is 5.41 Å². The molecule has 3 rings (SSSR count). The summed E-state index contributed by atoms with van der Waals surface area (Å²) in [5.41, 5.74) is 0.339. The summed E-state index contributed by atoms with van der Waals surface area (Å²) in [5.74, 6) is 0. The number of hydrogen-bond acceptors (Lipinski definition) is 3. The largest absolute Gasteiger partial charge is 0.372 e. The summed E-state index contributed by atoms with van der Waals surface area (Å²) in [6.07, 6.45) is 7.32. The molecular weight excluding hydrogens is 178 g/mol. The van der Waals surface area contributed by atoms with E-state index >= 15 is 0 Å². The minimum absolute atomic E-state index is 0.339. The van der Waals surface area contributed by atoms with Crippen LogP contribution >= 0.6 is 0 Å². The summed E-state index contributed by atoms with van der Waals surface area (Å²) >= 11 is 0. The number of fused-ring (bicyclic) bond motifs is 1. The molecule has 0 N–H and O–H groups in total. The standard InChI is InChI=1S/C11H19NO2/c1-2-5-11(9-8-13-9)6-3-4-7-12-10(11)14-12/h9-10H,2-8H2,1H3. The Bertz CT molecular complexity index is 229. The second-order valence-electron chi connectivity index (χ2n) is 4.86. The Kier molecular flexibility index (Phi) is 2.08. The van der Waals surface area contributed by atoms with Gasteiger partial charge in [0.25, 0.3) is 0 Å². The number of hydroxylamine groups is 2. The molecule has 3 nitrogen and oxygen atoms in total. The van der Waals surface area contributed by atoms with Gasteiger partial charge in [-0.3, -0.25) is 4.84 Å². The van der Waals surface area contributed by atoms with Crippen LogP contribution in [-0.2, 0) is 9.57 Å². The number of rotatable bonds is 3. The third-order valence-electron chi connectivity index (χ3n) is 3.90. The molecule has 0 spiro atoms. The lowest BCUT2D eigenvalue weighted by Crippen LogP contribution is -2.34. The molecule has 3 saturated heterocycles. The topological polar surface area (TPSA) is 28.1 Å². The van der Waals surface area contributed by atoms with Crippen LogP contribution in [0.5, 0.6) is 0 Å². The smallest absolute Gasteiger partial charge is 0.162 e. The van der Waals surface area contributed by atoms with Gasteiger partial charge in [-0.1, -0.05) is 19.8 Å². The van der Waals surface area contributed by atoms with Gasteiger partial charge in [0.1, 0.15) is 0 Å². The van der Waals surface area contributed by atoms with Crippen molar-refractivity contribution in [1.29, 1.82) is 0 Å². The van der Waals surface area contributed by atoms with Gasteiger partial charge in [-0.15, -0.1) is 0 Å². The van der Waals surface area contributed by atoms with Crippen molar-refractivity contribution in [2.45, 2.75) is 51.4 Å². The van der Waals surface area contributed by atoms with E-state index < -0.39 is 0 Å². The van der Waals surface area contributed by atoms with Crippen molar-refractivity contribution in [3.8, 4) is 0 Å². The number of hydrogen-bond donors (Lipinski definition) is 0. The Morgan fingerprint density at radius 3 is 3.00 bits per heavy atom. The third-order valence-corrected chi connectivity index (χ3v) is 3.90. The van der Waals surface area contributed by atoms with E-state index in [1.807, 2.05) is 0 Å². The lowest BCUT2D eigenvalue weighted by Gasteiger charge is -2.28. The van der Waals surface area contributed by atoms with Gasteiger partial charge >= 0.3 is 0 Å². The minimum atomic E-state index is 0.339. The summed E-state index contributed by atoms with van der Waals surface area (Å²) < 4.78 is 5.55. The average molecular weight is 197 g/mol. The molecule has 14 heavy (non-hydrogen) atoms. The maximum Gasteiger partial charge on any atom is 0.162 e. The van der Waals surface area contributed by atoms with Crippen molar-refractivity contribution in [3.05, 3.63) is 0 Å². The number of nitrogens with zero attached hydrogens (tertiary/aromatic N) is 1. The zero-order chi connectivity index (χ0) is 9.60. The van der Waals surface area contributed by atoms with E-state index in [0.717, 1.165) is 13.2 Å². The van der Waals surface area contributed by atoms with Crippen molar-refractivity contribution in [3.63, 3.8) is 0 Å². The zero-order valence-electron chi connectivity index (χ0n) is 8.87. The van der Waals surface area contributed by atoms with E-state index in [-0.39, 0.29) is 0 Å². The predicted molar refractivity (Wildman–Crippen MR) is 52.5 cm³/mol. The maximum atomic E-state index is 5.68. The molecule has 3 fully saturated rings. The van der Waals surface area contributed by atoms with Gasteiger partial charge in [0.15, 0.2) is 6.23 Å². The molecule has 80 valence electrons. The van der Waals surface area contributed by atoms with Crippen LogP contribution in [0.4, 0.5) is 0 Å². The number of epoxide rings is 1. The van der Waals surface area contributed by atoms with E-state index in [4.69, 9.17) is 9.57 Å². The van der Waals surface area contributed by atoms with Gasteiger partial charge < -0.3 is 4.74 Å². The van der Waals surface area contributed by atoms with Gasteiger partial charge in [-0.05, 0) is 19.3 Å². The molecular formula is C11H19NO2. The molecule has 0 saturated carbocycles. The fourth-order valence-electron chi connectivity index (χ4n) is 3.08. The minimum Gasteiger partial charge on any atom is -0.372 e. The van der Waals surface area contributed by atoms with E-state index in [1.54, 1.807) is 0 Å². The van der Waals surface area contributed by atoms with Crippen LogP contribution in [0, 0.1) is 5.41 Å². The Hall–Kier alpha value is -0.120. The summed E-state index contributed by atoms with van der Waals surface area (Å²) in [7, 11) is 0. The van der Waals surface area contributed by atoms with Crippen LogP contribution in [0.2, 0.25) is 0 Å². The molecule has 0 amide bonds. The quantitative estimate of drug-likeness (QED) is 0.647. The van der Waals surface area contributed by atoms with Crippen molar-refractivity contribution in [2.75, 3.05) is 13.2 Å². The van der Waals surface area contributed by atoms with Crippen LogP contribution in [0.1, 0.15) is 39.0 Å². The van der Waals surface area contributed by atoms with Crippen LogP contribution in [0.25, 0.3) is 0 Å². The normalized spacial score (nSPS) is 50.8. The molecule has 3 heteroatoms. The molecule has 0 aromatic heterocycles. The highest BCUT2D eigenvalue weighted by Gasteiger charge is 2.61. The van der Waals surface area contributed by atoms with Crippen LogP contribution < -0.4 is 0 Å². The fraction of sp³-hybridized carbons (Fsp3) is 1.00. The summed E-state index contributed by atoms with van der Waals surface area (Å²) in [6, 6.07) is 0. The molecule has 3 aliphatic heterocycles. The molecule has 0 aromatic rings. The first-order valence-electron chi connectivity index (χ1n) is 5.92. The Labute approximate surface area is 85.3 Å². The molecule has 0 aliphatic carbocycles. The van der Waals surface area contributed by atoms with Crippen molar-refractivity contribution in [1.82, 2.24) is 5.06 Å². The van der Waals surface area contributed by atoms with E-state index in [0.29, 0.717) is 17.7 Å². The lowest BCUT2D eigenvalue weighted by molar-refractivity contribution is 0.107. The van der Waals surface area contributed by atoms with Crippen LogP contribution in [-0.4, -0.2) is 30.5 Å². The van der Waals surface area contributed by atoms with Gasteiger partial charge in [-0.25, -0.2) is 0 Å². The van der Waals surface area contributed by atoms with Crippen molar-refractivity contribution < 1.29 is 9.57 Å². The summed E-state index contributed by atoms with van der Waals surface area (Å²) in [5, 5.41) is 2.17. The highest BCUT2D eigenvalue weighted by Crippen LogP contribution is 2.53. The SMILES string of the molecule is CCCC1(C2CO2)CCCCN2OC21. The number of ether oxygens (including phenoxy) is 1. The predicted octanol–water partition coefficient (Wildman–Crippen LogP) is 1.93.